The summed E-state index contributed by atoms with van der Waals surface area (Å²) in [6, 6.07) is 7.72. The summed E-state index contributed by atoms with van der Waals surface area (Å²) >= 11 is 7.33. The number of anilines is 1. The predicted octanol–water partition coefficient (Wildman–Crippen LogP) is 4.03. The average molecular weight is 423 g/mol. The van der Waals surface area contributed by atoms with E-state index in [4.69, 9.17) is 16.3 Å². The number of hydrogen-bond acceptors (Lipinski definition) is 5. The molecule has 0 aliphatic carbocycles. The van der Waals surface area contributed by atoms with E-state index in [9.17, 15) is 14.4 Å². The van der Waals surface area contributed by atoms with E-state index in [1.54, 1.807) is 56.5 Å². The van der Waals surface area contributed by atoms with Gasteiger partial charge < -0.3 is 15.4 Å². The lowest BCUT2D eigenvalue weighted by Crippen LogP contribution is -2.47. The first-order chi connectivity index (χ1) is 13.2. The molecule has 1 aromatic heterocycles. The molecule has 0 aliphatic rings. The number of amides is 2. The molecular weight excluding hydrogens is 400 g/mol. The van der Waals surface area contributed by atoms with Gasteiger partial charge in [-0.3, -0.25) is 9.59 Å². The van der Waals surface area contributed by atoms with Crippen molar-refractivity contribution in [3.63, 3.8) is 0 Å². The first kappa shape index (κ1) is 21.9. The summed E-state index contributed by atoms with van der Waals surface area (Å²) in [6.07, 6.45) is -1.04. The molecule has 0 spiro atoms. The highest BCUT2D eigenvalue weighted by Gasteiger charge is 2.29. The van der Waals surface area contributed by atoms with Crippen LogP contribution < -0.4 is 10.6 Å². The van der Waals surface area contributed by atoms with E-state index in [1.165, 1.54) is 18.3 Å². The molecule has 150 valence electrons. The average Bonchev–Trinajstić information content (AvgIpc) is 3.17. The fraction of sp³-hybridized carbons (Fsp3) is 0.350. The number of esters is 1. The first-order valence-electron chi connectivity index (χ1n) is 8.81. The number of carbonyl (C=O) groups is 3. The minimum absolute atomic E-state index is 0.207. The van der Waals surface area contributed by atoms with Gasteiger partial charge in [-0.2, -0.15) is 0 Å². The molecule has 0 unspecified atom stereocenters. The van der Waals surface area contributed by atoms with Crippen LogP contribution in [0.4, 0.5) is 5.69 Å². The van der Waals surface area contributed by atoms with Gasteiger partial charge in [0.05, 0.1) is 4.88 Å². The Labute approximate surface area is 173 Å². The maximum Gasteiger partial charge on any atom is 0.329 e. The van der Waals surface area contributed by atoms with Gasteiger partial charge in [-0.1, -0.05) is 37.6 Å². The van der Waals surface area contributed by atoms with Crippen molar-refractivity contribution < 1.29 is 19.1 Å². The Bertz CT molecular complexity index is 852. The molecule has 2 amide bonds. The van der Waals surface area contributed by atoms with Gasteiger partial charge in [-0.25, -0.2) is 4.79 Å². The highest BCUT2D eigenvalue weighted by atomic mass is 35.5. The fourth-order valence-electron chi connectivity index (χ4n) is 2.40. The maximum absolute atomic E-state index is 12.5. The molecule has 2 aromatic rings. The number of benzene rings is 1. The summed E-state index contributed by atoms with van der Waals surface area (Å²) in [5, 5.41) is 7.68. The van der Waals surface area contributed by atoms with E-state index in [-0.39, 0.29) is 11.8 Å². The predicted molar refractivity (Wildman–Crippen MR) is 111 cm³/mol. The van der Waals surface area contributed by atoms with Gasteiger partial charge in [0.15, 0.2) is 6.10 Å². The van der Waals surface area contributed by atoms with Gasteiger partial charge in [0.1, 0.15) is 6.04 Å². The zero-order chi connectivity index (χ0) is 20.8. The van der Waals surface area contributed by atoms with Gasteiger partial charge in [-0.05, 0) is 48.9 Å². The van der Waals surface area contributed by atoms with Gasteiger partial charge in [0, 0.05) is 10.7 Å². The third-order valence-corrected chi connectivity index (χ3v) is 5.42. The molecule has 2 rings (SSSR count). The molecule has 8 heteroatoms. The molecule has 0 saturated carbocycles. The summed E-state index contributed by atoms with van der Waals surface area (Å²) in [4.78, 5) is 37.7. The lowest BCUT2D eigenvalue weighted by molar-refractivity contribution is -0.156. The molecular formula is C20H23ClN2O4S. The largest absolute Gasteiger partial charge is 0.451 e. The third kappa shape index (κ3) is 5.56. The van der Waals surface area contributed by atoms with Crippen molar-refractivity contribution in [3.05, 3.63) is 51.2 Å². The molecule has 0 bridgehead atoms. The van der Waals surface area contributed by atoms with Crippen molar-refractivity contribution >= 4 is 46.4 Å². The van der Waals surface area contributed by atoms with Crippen LogP contribution in [-0.4, -0.2) is 29.9 Å². The number of ether oxygens (including phenoxy) is 1. The normalized spacial score (nSPS) is 12.9. The molecule has 0 fully saturated rings. The van der Waals surface area contributed by atoms with Crippen LogP contribution in [0.2, 0.25) is 5.02 Å². The summed E-state index contributed by atoms with van der Waals surface area (Å²) < 4.78 is 5.30. The fourth-order valence-corrected chi connectivity index (χ4v) is 3.20. The molecule has 6 nitrogen and oxygen atoms in total. The Morgan fingerprint density at radius 1 is 1.11 bits per heavy atom. The lowest BCUT2D eigenvalue weighted by atomic mass is 10.0. The van der Waals surface area contributed by atoms with Crippen LogP contribution >= 0.6 is 22.9 Å². The van der Waals surface area contributed by atoms with Crippen LogP contribution in [0.25, 0.3) is 0 Å². The highest BCUT2D eigenvalue weighted by Crippen LogP contribution is 2.23. The number of thiophene rings is 1. The van der Waals surface area contributed by atoms with Crippen molar-refractivity contribution in [3.8, 4) is 0 Å². The second-order valence-corrected chi connectivity index (χ2v) is 8.01. The van der Waals surface area contributed by atoms with Crippen LogP contribution in [-0.2, 0) is 14.3 Å². The van der Waals surface area contributed by atoms with E-state index in [0.29, 0.717) is 15.6 Å². The molecule has 0 saturated heterocycles. The van der Waals surface area contributed by atoms with Crippen molar-refractivity contribution in [2.24, 2.45) is 5.92 Å². The van der Waals surface area contributed by atoms with E-state index < -0.39 is 24.0 Å². The second-order valence-electron chi connectivity index (χ2n) is 6.65. The van der Waals surface area contributed by atoms with E-state index in [2.05, 4.69) is 10.6 Å². The van der Waals surface area contributed by atoms with Crippen LogP contribution in [0.5, 0.6) is 0 Å². The van der Waals surface area contributed by atoms with Gasteiger partial charge >= 0.3 is 5.97 Å². The number of nitrogens with one attached hydrogen (secondary N) is 2. The van der Waals surface area contributed by atoms with Crippen molar-refractivity contribution in [1.82, 2.24) is 5.32 Å². The number of rotatable bonds is 7. The minimum atomic E-state index is -1.04. The molecule has 0 aliphatic heterocycles. The standard InChI is InChI=1S/C20H23ClN2O4S/c1-11(2)17(23-19(25)16-9-6-10-28-16)20(26)27-13(4)18(24)22-15-8-5-7-14(21)12(15)3/h5-11,13,17H,1-4H3,(H,22,24)(H,23,25)/t13-,17+/m0/s1. The first-order valence-corrected chi connectivity index (χ1v) is 10.1. The van der Waals surface area contributed by atoms with Crippen molar-refractivity contribution in [2.45, 2.75) is 39.8 Å². The quantitative estimate of drug-likeness (QED) is 0.659. The molecule has 28 heavy (non-hydrogen) atoms. The van der Waals surface area contributed by atoms with Gasteiger partial charge in [-0.15, -0.1) is 11.3 Å². The van der Waals surface area contributed by atoms with Crippen LogP contribution in [0, 0.1) is 12.8 Å². The Balaban J connectivity index is 2.00. The zero-order valence-corrected chi connectivity index (χ0v) is 17.7. The van der Waals surface area contributed by atoms with E-state index in [0.717, 1.165) is 5.56 Å². The molecule has 2 N–H and O–H groups in total. The molecule has 0 radical (unpaired) electrons. The van der Waals surface area contributed by atoms with Crippen molar-refractivity contribution in [2.75, 3.05) is 5.32 Å². The lowest BCUT2D eigenvalue weighted by Gasteiger charge is -2.23. The van der Waals surface area contributed by atoms with Crippen molar-refractivity contribution in [1.29, 1.82) is 0 Å². The van der Waals surface area contributed by atoms with Gasteiger partial charge in [0.25, 0.3) is 11.8 Å². The van der Waals surface area contributed by atoms with E-state index in [1.807, 2.05) is 0 Å². The highest BCUT2D eigenvalue weighted by molar-refractivity contribution is 7.12. The topological polar surface area (TPSA) is 84.5 Å². The molecule has 1 aromatic carbocycles. The number of carbonyl (C=O) groups excluding carboxylic acids is 3. The maximum atomic E-state index is 12.5. The number of hydrogen-bond donors (Lipinski definition) is 2. The Morgan fingerprint density at radius 2 is 1.82 bits per heavy atom. The summed E-state index contributed by atoms with van der Waals surface area (Å²) in [7, 11) is 0. The SMILES string of the molecule is Cc1c(Cl)cccc1NC(=O)[C@H](C)OC(=O)[C@H](NC(=O)c1cccs1)C(C)C. The van der Waals surface area contributed by atoms with Crippen LogP contribution in [0.3, 0.4) is 0 Å². The Hall–Kier alpha value is -2.38. The zero-order valence-electron chi connectivity index (χ0n) is 16.1. The summed E-state index contributed by atoms with van der Waals surface area (Å²) in [5.74, 6) is -1.70. The third-order valence-electron chi connectivity index (χ3n) is 4.14. The molecule has 1 heterocycles. The minimum Gasteiger partial charge on any atom is -0.451 e. The van der Waals surface area contributed by atoms with Gasteiger partial charge in [0.2, 0.25) is 0 Å². The van der Waals surface area contributed by atoms with Crippen LogP contribution in [0.15, 0.2) is 35.7 Å². The smallest absolute Gasteiger partial charge is 0.329 e. The second kappa shape index (κ2) is 9.71. The molecule has 2 atom stereocenters. The summed E-state index contributed by atoms with van der Waals surface area (Å²) in [6.45, 7) is 6.84. The van der Waals surface area contributed by atoms with Crippen LogP contribution in [0.1, 0.15) is 36.0 Å². The Morgan fingerprint density at radius 3 is 2.43 bits per heavy atom. The van der Waals surface area contributed by atoms with E-state index >= 15 is 0 Å². The Kier molecular flexibility index (Phi) is 7.60. The summed E-state index contributed by atoms with van der Waals surface area (Å²) in [5.41, 5.74) is 1.27. The number of halogens is 1. The monoisotopic (exact) mass is 422 g/mol.